The molecule has 1 fully saturated rings. The molecule has 0 saturated carbocycles. The van der Waals surface area contributed by atoms with E-state index in [0.29, 0.717) is 16.1 Å². The summed E-state index contributed by atoms with van der Waals surface area (Å²) in [4.78, 5) is 26.0. The van der Waals surface area contributed by atoms with Gasteiger partial charge in [0.25, 0.3) is 0 Å². The van der Waals surface area contributed by atoms with E-state index in [-0.39, 0.29) is 12.1 Å². The number of aromatic carboxylic acids is 1. The molecular formula is C34H29ClF3NO4. The average Bonchev–Trinajstić information content (AvgIpc) is 3.21. The Morgan fingerprint density at radius 2 is 1.63 bits per heavy atom. The minimum Gasteiger partial charge on any atom is -0.478 e. The second kappa shape index (κ2) is 11.4. The van der Waals surface area contributed by atoms with Crippen molar-refractivity contribution in [2.24, 2.45) is 0 Å². The maximum absolute atomic E-state index is 13.5. The first kappa shape index (κ1) is 30.2. The van der Waals surface area contributed by atoms with Crippen LogP contribution in [-0.4, -0.2) is 28.1 Å². The summed E-state index contributed by atoms with van der Waals surface area (Å²) in [5.41, 5.74) is 5.88. The van der Waals surface area contributed by atoms with Gasteiger partial charge in [-0.3, -0.25) is 4.90 Å². The zero-order chi connectivity index (χ0) is 31.2. The second-order valence-corrected chi connectivity index (χ2v) is 11.4. The van der Waals surface area contributed by atoms with Crippen LogP contribution in [0.1, 0.15) is 56.8 Å². The van der Waals surface area contributed by atoms with E-state index in [0.717, 1.165) is 51.1 Å². The summed E-state index contributed by atoms with van der Waals surface area (Å²) in [5.74, 6) is -1.00. The van der Waals surface area contributed by atoms with Crippen LogP contribution in [0.3, 0.4) is 0 Å². The van der Waals surface area contributed by atoms with Crippen LogP contribution in [0.5, 0.6) is 0 Å². The number of carbonyl (C=O) groups is 2. The molecule has 0 unspecified atom stereocenters. The molecule has 0 spiro atoms. The Morgan fingerprint density at radius 3 is 2.30 bits per heavy atom. The minimum absolute atomic E-state index is 0.151. The lowest BCUT2D eigenvalue weighted by Crippen LogP contribution is -2.31. The van der Waals surface area contributed by atoms with Crippen LogP contribution >= 0.6 is 11.6 Å². The number of halogens is 4. The fraction of sp³-hybridized carbons (Fsp3) is 0.235. The Balaban J connectivity index is 1.50. The monoisotopic (exact) mass is 607 g/mol. The molecule has 5 rings (SSSR count). The quantitative estimate of drug-likeness (QED) is 0.237. The SMILES string of the molecule is Cc1cc([C@H]2OC(=O)N(Cc3cc(C)ccc3-c3cc(-c4ccc(C(=O)O)cc4C)ccc3Cl)[C@H]2C)cc(C(F)(F)F)c1. The van der Waals surface area contributed by atoms with Gasteiger partial charge in [-0.25, -0.2) is 9.59 Å². The molecule has 0 radical (unpaired) electrons. The molecule has 5 nitrogen and oxygen atoms in total. The molecule has 1 amide bonds. The number of carboxylic acids is 1. The number of amides is 1. The van der Waals surface area contributed by atoms with E-state index < -0.39 is 35.9 Å². The number of nitrogens with zero attached hydrogens (tertiary/aromatic N) is 1. The van der Waals surface area contributed by atoms with E-state index in [1.54, 1.807) is 44.2 Å². The lowest BCUT2D eigenvalue weighted by molar-refractivity contribution is -0.137. The van der Waals surface area contributed by atoms with Crippen molar-refractivity contribution in [2.45, 2.75) is 52.6 Å². The predicted molar refractivity (Wildman–Crippen MR) is 159 cm³/mol. The average molecular weight is 608 g/mol. The van der Waals surface area contributed by atoms with Gasteiger partial charge in [-0.15, -0.1) is 0 Å². The van der Waals surface area contributed by atoms with Crippen LogP contribution in [0, 0.1) is 20.8 Å². The van der Waals surface area contributed by atoms with Gasteiger partial charge in [0.05, 0.1) is 23.7 Å². The molecule has 0 bridgehead atoms. The lowest BCUT2D eigenvalue weighted by atomic mass is 9.92. The normalized spacial score (nSPS) is 16.8. The van der Waals surface area contributed by atoms with Gasteiger partial charge in [0.2, 0.25) is 0 Å². The highest BCUT2D eigenvalue weighted by Crippen LogP contribution is 2.40. The molecule has 4 aromatic rings. The van der Waals surface area contributed by atoms with Crippen molar-refractivity contribution < 1.29 is 32.6 Å². The van der Waals surface area contributed by atoms with Gasteiger partial charge in [0, 0.05) is 10.6 Å². The molecule has 222 valence electrons. The van der Waals surface area contributed by atoms with E-state index in [9.17, 15) is 27.9 Å². The van der Waals surface area contributed by atoms with Crippen LogP contribution in [0.4, 0.5) is 18.0 Å². The summed E-state index contributed by atoms with van der Waals surface area (Å²) in [6, 6.07) is 19.5. The standard InChI is InChI=1S/C34H29ClF3NO4/c1-18-5-8-28(29-16-22(7-10-30(29)35)27-9-6-23(32(40)41)14-20(27)3)25(11-18)17-39-21(4)31(43-33(39)42)24-12-19(2)13-26(15-24)34(36,37)38/h5-16,21,31H,17H2,1-4H3,(H,40,41)/t21-,31-/m0/s1. The molecule has 1 aliphatic rings. The zero-order valence-electron chi connectivity index (χ0n) is 23.9. The van der Waals surface area contributed by atoms with E-state index in [1.807, 2.05) is 44.2 Å². The molecule has 2 atom stereocenters. The second-order valence-electron chi connectivity index (χ2n) is 11.0. The Labute approximate surface area is 252 Å². The van der Waals surface area contributed by atoms with Crippen LogP contribution in [-0.2, 0) is 17.5 Å². The third-order valence-electron chi connectivity index (χ3n) is 7.79. The Morgan fingerprint density at radius 1 is 0.907 bits per heavy atom. The summed E-state index contributed by atoms with van der Waals surface area (Å²) < 4.78 is 46.1. The highest BCUT2D eigenvalue weighted by Gasteiger charge is 2.41. The number of aryl methyl sites for hydroxylation is 3. The minimum atomic E-state index is -4.52. The fourth-order valence-corrected chi connectivity index (χ4v) is 5.84. The van der Waals surface area contributed by atoms with Crippen molar-refractivity contribution in [3.8, 4) is 22.3 Å². The zero-order valence-corrected chi connectivity index (χ0v) is 24.7. The smallest absolute Gasteiger partial charge is 0.416 e. The van der Waals surface area contributed by atoms with Gasteiger partial charge in [0.1, 0.15) is 6.10 Å². The largest absolute Gasteiger partial charge is 0.478 e. The van der Waals surface area contributed by atoms with E-state index in [2.05, 4.69) is 0 Å². The van der Waals surface area contributed by atoms with Crippen molar-refractivity contribution in [1.29, 1.82) is 0 Å². The number of carboxylic acid groups (broad SMARTS) is 1. The number of alkyl halides is 3. The van der Waals surface area contributed by atoms with Crippen LogP contribution in [0.2, 0.25) is 5.02 Å². The van der Waals surface area contributed by atoms with E-state index in [1.165, 1.54) is 4.90 Å². The number of benzene rings is 4. The highest BCUT2D eigenvalue weighted by molar-refractivity contribution is 6.33. The molecule has 1 heterocycles. The van der Waals surface area contributed by atoms with Crippen molar-refractivity contribution in [1.82, 2.24) is 4.90 Å². The fourth-order valence-electron chi connectivity index (χ4n) is 5.62. The van der Waals surface area contributed by atoms with Gasteiger partial charge in [-0.05, 0) is 97.5 Å². The van der Waals surface area contributed by atoms with Crippen molar-refractivity contribution in [2.75, 3.05) is 0 Å². The van der Waals surface area contributed by atoms with Crippen LogP contribution in [0.25, 0.3) is 22.3 Å². The van der Waals surface area contributed by atoms with Crippen molar-refractivity contribution >= 4 is 23.7 Å². The maximum Gasteiger partial charge on any atom is 0.416 e. The topological polar surface area (TPSA) is 66.8 Å². The summed E-state index contributed by atoms with van der Waals surface area (Å²) in [6.07, 6.45) is -6.01. The highest BCUT2D eigenvalue weighted by atomic mass is 35.5. The summed E-state index contributed by atoms with van der Waals surface area (Å²) >= 11 is 6.71. The molecular weight excluding hydrogens is 579 g/mol. The van der Waals surface area contributed by atoms with E-state index in [4.69, 9.17) is 16.3 Å². The summed E-state index contributed by atoms with van der Waals surface area (Å²) in [7, 11) is 0. The maximum atomic E-state index is 13.5. The van der Waals surface area contributed by atoms with Crippen LogP contribution < -0.4 is 0 Å². The number of ether oxygens (including phenoxy) is 1. The number of hydrogen-bond acceptors (Lipinski definition) is 3. The van der Waals surface area contributed by atoms with Gasteiger partial charge in [-0.2, -0.15) is 13.2 Å². The molecule has 4 aromatic carbocycles. The molecule has 1 N–H and O–H groups in total. The van der Waals surface area contributed by atoms with Crippen molar-refractivity contribution in [3.05, 3.63) is 117 Å². The van der Waals surface area contributed by atoms with Crippen LogP contribution in [0.15, 0.2) is 72.8 Å². The first-order chi connectivity index (χ1) is 20.2. The Hall–Kier alpha value is -4.30. The Bertz CT molecular complexity index is 1750. The third-order valence-corrected chi connectivity index (χ3v) is 8.12. The van der Waals surface area contributed by atoms with Gasteiger partial charge >= 0.3 is 18.2 Å². The number of rotatable bonds is 6. The van der Waals surface area contributed by atoms with E-state index >= 15 is 0 Å². The Kier molecular flexibility index (Phi) is 8.01. The predicted octanol–water partition coefficient (Wildman–Crippen LogP) is 9.40. The number of cyclic esters (lactones) is 1. The molecule has 1 saturated heterocycles. The lowest BCUT2D eigenvalue weighted by Gasteiger charge is -2.23. The number of carbonyl (C=O) groups excluding carboxylic acids is 1. The summed E-state index contributed by atoms with van der Waals surface area (Å²) in [5, 5.41) is 9.83. The van der Waals surface area contributed by atoms with Gasteiger partial charge in [0.15, 0.2) is 0 Å². The molecule has 9 heteroatoms. The van der Waals surface area contributed by atoms with Crippen molar-refractivity contribution in [3.63, 3.8) is 0 Å². The molecule has 43 heavy (non-hydrogen) atoms. The first-order valence-corrected chi connectivity index (χ1v) is 14.0. The molecule has 0 aliphatic carbocycles. The molecule has 0 aromatic heterocycles. The first-order valence-electron chi connectivity index (χ1n) is 13.6. The van der Waals surface area contributed by atoms with Gasteiger partial charge < -0.3 is 9.84 Å². The third kappa shape index (κ3) is 6.11. The molecule has 1 aliphatic heterocycles. The number of hydrogen-bond donors (Lipinski definition) is 1. The van der Waals surface area contributed by atoms with Gasteiger partial charge in [-0.1, -0.05) is 59.1 Å². The summed E-state index contributed by atoms with van der Waals surface area (Å²) in [6.45, 7) is 7.27.